The van der Waals surface area contributed by atoms with Crippen LogP contribution < -0.4 is 0 Å². The molecule has 102 valence electrons. The van der Waals surface area contributed by atoms with E-state index in [-0.39, 0.29) is 12.3 Å². The summed E-state index contributed by atoms with van der Waals surface area (Å²) in [5.74, 6) is -1.05. The first-order chi connectivity index (χ1) is 9.06. The summed E-state index contributed by atoms with van der Waals surface area (Å²) < 4.78 is 5.33. The SMILES string of the molecule is O=C(O)CC1CN(C(=O)c2ccc(Cl)cc2)CCO1. The molecule has 1 fully saturated rings. The molecule has 0 saturated carbocycles. The maximum absolute atomic E-state index is 12.2. The molecule has 1 aromatic rings. The number of carboxylic acids is 1. The Hall–Kier alpha value is -1.59. The first kappa shape index (κ1) is 13.8. The lowest BCUT2D eigenvalue weighted by Gasteiger charge is -2.32. The van der Waals surface area contributed by atoms with Gasteiger partial charge in [-0.15, -0.1) is 0 Å². The van der Waals surface area contributed by atoms with Crippen LogP contribution in [0.1, 0.15) is 16.8 Å². The normalized spacial score (nSPS) is 19.2. The van der Waals surface area contributed by atoms with Gasteiger partial charge in [0, 0.05) is 23.7 Å². The Labute approximate surface area is 115 Å². The lowest BCUT2D eigenvalue weighted by atomic mass is 10.1. The Balaban J connectivity index is 2.02. The van der Waals surface area contributed by atoms with E-state index in [2.05, 4.69) is 0 Å². The third-order valence-electron chi connectivity index (χ3n) is 2.92. The number of carboxylic acid groups (broad SMARTS) is 1. The third kappa shape index (κ3) is 3.68. The number of rotatable bonds is 3. The van der Waals surface area contributed by atoms with Crippen LogP contribution in [-0.4, -0.2) is 47.7 Å². The van der Waals surface area contributed by atoms with Gasteiger partial charge in [-0.05, 0) is 24.3 Å². The standard InChI is InChI=1S/C13H14ClNO4/c14-10-3-1-9(2-4-10)13(18)15-5-6-19-11(8-15)7-12(16)17/h1-4,11H,5-8H2,(H,16,17). The largest absolute Gasteiger partial charge is 0.481 e. The molecule has 2 rings (SSSR count). The van der Waals surface area contributed by atoms with Crippen LogP contribution in [0.3, 0.4) is 0 Å². The average molecular weight is 284 g/mol. The maximum atomic E-state index is 12.2. The number of nitrogens with zero attached hydrogens (tertiary/aromatic N) is 1. The van der Waals surface area contributed by atoms with Gasteiger partial charge < -0.3 is 14.7 Å². The van der Waals surface area contributed by atoms with E-state index in [0.717, 1.165) is 0 Å². The number of carbonyl (C=O) groups is 2. The van der Waals surface area contributed by atoms with Crippen molar-refractivity contribution in [2.24, 2.45) is 0 Å². The molecular weight excluding hydrogens is 270 g/mol. The van der Waals surface area contributed by atoms with Crippen molar-refractivity contribution in [1.82, 2.24) is 4.90 Å². The molecule has 0 spiro atoms. The van der Waals surface area contributed by atoms with Gasteiger partial charge >= 0.3 is 5.97 Å². The van der Waals surface area contributed by atoms with E-state index in [9.17, 15) is 9.59 Å². The van der Waals surface area contributed by atoms with E-state index < -0.39 is 12.1 Å². The quantitative estimate of drug-likeness (QED) is 0.916. The molecule has 1 atom stereocenters. The second-order valence-corrected chi connectivity index (χ2v) is 4.79. The molecule has 0 radical (unpaired) electrons. The zero-order chi connectivity index (χ0) is 13.8. The summed E-state index contributed by atoms with van der Waals surface area (Å²) in [6, 6.07) is 6.63. The molecule has 0 aromatic heterocycles. The second-order valence-electron chi connectivity index (χ2n) is 4.35. The zero-order valence-electron chi connectivity index (χ0n) is 10.2. The van der Waals surface area contributed by atoms with Crippen molar-refractivity contribution in [3.63, 3.8) is 0 Å². The highest BCUT2D eigenvalue weighted by atomic mass is 35.5. The lowest BCUT2D eigenvalue weighted by molar-refractivity contribution is -0.141. The number of morpholine rings is 1. The number of benzene rings is 1. The van der Waals surface area contributed by atoms with Gasteiger partial charge in [0.1, 0.15) is 0 Å². The second kappa shape index (κ2) is 6.04. The van der Waals surface area contributed by atoms with Crippen LogP contribution in [0.2, 0.25) is 5.02 Å². The van der Waals surface area contributed by atoms with Crippen LogP contribution in [0.25, 0.3) is 0 Å². The minimum absolute atomic E-state index is 0.0929. The fraction of sp³-hybridized carbons (Fsp3) is 0.385. The van der Waals surface area contributed by atoms with Gasteiger partial charge in [-0.1, -0.05) is 11.6 Å². The summed E-state index contributed by atoms with van der Waals surface area (Å²) in [6.45, 7) is 1.13. The predicted molar refractivity (Wildman–Crippen MR) is 69.3 cm³/mol. The predicted octanol–water partition coefficient (Wildman–Crippen LogP) is 1.66. The van der Waals surface area contributed by atoms with E-state index in [0.29, 0.717) is 30.3 Å². The topological polar surface area (TPSA) is 66.8 Å². The van der Waals surface area contributed by atoms with Crippen molar-refractivity contribution in [1.29, 1.82) is 0 Å². The van der Waals surface area contributed by atoms with Gasteiger partial charge in [0.25, 0.3) is 5.91 Å². The average Bonchev–Trinajstić information content (AvgIpc) is 2.38. The zero-order valence-corrected chi connectivity index (χ0v) is 11.0. The van der Waals surface area contributed by atoms with E-state index in [1.165, 1.54) is 0 Å². The summed E-state index contributed by atoms with van der Waals surface area (Å²) in [5, 5.41) is 9.31. The first-order valence-electron chi connectivity index (χ1n) is 5.94. The minimum Gasteiger partial charge on any atom is -0.481 e. The summed E-state index contributed by atoms with van der Waals surface area (Å²) in [4.78, 5) is 24.5. The highest BCUT2D eigenvalue weighted by molar-refractivity contribution is 6.30. The monoisotopic (exact) mass is 283 g/mol. The molecule has 1 unspecified atom stereocenters. The molecule has 1 heterocycles. The van der Waals surface area contributed by atoms with Gasteiger partial charge in [-0.3, -0.25) is 9.59 Å². The van der Waals surface area contributed by atoms with Crippen LogP contribution in [0.15, 0.2) is 24.3 Å². The minimum atomic E-state index is -0.925. The Morgan fingerprint density at radius 2 is 2.05 bits per heavy atom. The number of carbonyl (C=O) groups excluding carboxylic acids is 1. The van der Waals surface area contributed by atoms with E-state index >= 15 is 0 Å². The van der Waals surface area contributed by atoms with Gasteiger partial charge in [-0.25, -0.2) is 0 Å². The van der Waals surface area contributed by atoms with Crippen LogP contribution in [0, 0.1) is 0 Å². The number of ether oxygens (including phenoxy) is 1. The fourth-order valence-electron chi connectivity index (χ4n) is 2.00. The van der Waals surface area contributed by atoms with Crippen LogP contribution in [0.5, 0.6) is 0 Å². The molecule has 1 aliphatic heterocycles. The third-order valence-corrected chi connectivity index (χ3v) is 3.17. The van der Waals surface area contributed by atoms with Gasteiger partial charge in [0.05, 0.1) is 19.1 Å². The van der Waals surface area contributed by atoms with Crippen molar-refractivity contribution >= 4 is 23.5 Å². The molecule has 0 bridgehead atoms. The van der Waals surface area contributed by atoms with Crippen molar-refractivity contribution in [2.45, 2.75) is 12.5 Å². The fourth-order valence-corrected chi connectivity index (χ4v) is 2.12. The number of hydrogen-bond donors (Lipinski definition) is 1. The van der Waals surface area contributed by atoms with E-state index in [1.807, 2.05) is 0 Å². The summed E-state index contributed by atoms with van der Waals surface area (Å²) in [5.41, 5.74) is 0.542. The molecular formula is C13H14ClNO4. The number of halogens is 1. The van der Waals surface area contributed by atoms with Crippen LogP contribution >= 0.6 is 11.6 Å². The van der Waals surface area contributed by atoms with E-state index in [1.54, 1.807) is 29.2 Å². The molecule has 5 nitrogen and oxygen atoms in total. The maximum Gasteiger partial charge on any atom is 0.306 e. The summed E-state index contributed by atoms with van der Waals surface area (Å²) >= 11 is 5.77. The Bertz CT molecular complexity index is 474. The van der Waals surface area contributed by atoms with Crippen molar-refractivity contribution < 1.29 is 19.4 Å². The Morgan fingerprint density at radius 3 is 2.68 bits per heavy atom. The van der Waals surface area contributed by atoms with E-state index in [4.69, 9.17) is 21.4 Å². The molecule has 1 saturated heterocycles. The summed E-state index contributed by atoms with van der Waals surface area (Å²) in [6.07, 6.45) is -0.535. The number of hydrogen-bond acceptors (Lipinski definition) is 3. The summed E-state index contributed by atoms with van der Waals surface area (Å²) in [7, 11) is 0. The molecule has 1 amide bonds. The van der Waals surface area contributed by atoms with Crippen molar-refractivity contribution in [3.05, 3.63) is 34.9 Å². The molecule has 6 heteroatoms. The number of amides is 1. The van der Waals surface area contributed by atoms with Gasteiger partial charge in [-0.2, -0.15) is 0 Å². The van der Waals surface area contributed by atoms with Crippen LogP contribution in [-0.2, 0) is 9.53 Å². The molecule has 1 aliphatic rings. The Morgan fingerprint density at radius 1 is 1.37 bits per heavy atom. The molecule has 1 N–H and O–H groups in total. The lowest BCUT2D eigenvalue weighted by Crippen LogP contribution is -2.46. The van der Waals surface area contributed by atoms with Crippen LogP contribution in [0.4, 0.5) is 0 Å². The molecule has 19 heavy (non-hydrogen) atoms. The van der Waals surface area contributed by atoms with Crippen molar-refractivity contribution in [3.8, 4) is 0 Å². The highest BCUT2D eigenvalue weighted by Gasteiger charge is 2.26. The smallest absolute Gasteiger partial charge is 0.306 e. The van der Waals surface area contributed by atoms with Gasteiger partial charge in [0.15, 0.2) is 0 Å². The highest BCUT2D eigenvalue weighted by Crippen LogP contribution is 2.15. The Kier molecular flexibility index (Phi) is 4.39. The number of aliphatic carboxylic acids is 1. The molecule has 0 aliphatic carbocycles. The first-order valence-corrected chi connectivity index (χ1v) is 6.32. The molecule has 1 aromatic carbocycles. The van der Waals surface area contributed by atoms with Gasteiger partial charge in [0.2, 0.25) is 0 Å². The van der Waals surface area contributed by atoms with Crippen molar-refractivity contribution in [2.75, 3.05) is 19.7 Å².